The lowest BCUT2D eigenvalue weighted by molar-refractivity contribution is 0.482. The topological polar surface area (TPSA) is 44.9 Å². The van der Waals surface area contributed by atoms with E-state index in [4.69, 9.17) is 14.8 Å². The molecule has 0 amide bonds. The van der Waals surface area contributed by atoms with Crippen molar-refractivity contribution < 1.29 is 4.74 Å². The highest BCUT2D eigenvalue weighted by Crippen LogP contribution is 2.47. The van der Waals surface area contributed by atoms with Gasteiger partial charge >= 0.3 is 0 Å². The lowest BCUT2D eigenvalue weighted by atomic mass is 9.76. The molecule has 7 rings (SSSR count). The van der Waals surface area contributed by atoms with Crippen LogP contribution in [0.4, 0.5) is 0 Å². The van der Waals surface area contributed by atoms with Gasteiger partial charge in [0.05, 0.1) is 28.1 Å². The number of pyridine rings is 1. The van der Waals surface area contributed by atoms with Crippen molar-refractivity contribution in [3.05, 3.63) is 131 Å². The van der Waals surface area contributed by atoms with Crippen molar-refractivity contribution in [2.75, 3.05) is 0 Å². The molecule has 0 fully saturated rings. The fourth-order valence-electron chi connectivity index (χ4n) is 7.98. The smallest absolute Gasteiger partial charge is 0.137 e. The first-order valence-electron chi connectivity index (χ1n) is 19.9. The molecule has 3 heterocycles. The van der Waals surface area contributed by atoms with Crippen LogP contribution < -0.4 is 4.74 Å². The third-order valence-corrected chi connectivity index (χ3v) is 10.7. The van der Waals surface area contributed by atoms with Crippen molar-refractivity contribution >= 4 is 21.8 Å². The first-order chi connectivity index (χ1) is 25.8. The molecule has 3 aromatic heterocycles. The van der Waals surface area contributed by atoms with Gasteiger partial charge in [0, 0.05) is 45.5 Å². The van der Waals surface area contributed by atoms with E-state index < -0.39 is 0 Å². The minimum Gasteiger partial charge on any atom is -0.457 e. The van der Waals surface area contributed by atoms with Gasteiger partial charge in [-0.25, -0.2) is 9.67 Å². The molecule has 0 spiro atoms. The fourth-order valence-corrected chi connectivity index (χ4v) is 7.98. The number of fused-ring (bicyclic) bond motifs is 3. The highest BCUT2D eigenvalue weighted by molar-refractivity contribution is 6.09. The Bertz CT molecular complexity index is 2500. The van der Waals surface area contributed by atoms with Crippen LogP contribution in [0.2, 0.25) is 0 Å². The monoisotopic (exact) mass is 730 g/mol. The minimum atomic E-state index is -0.211. The molecule has 0 aliphatic heterocycles. The zero-order valence-corrected chi connectivity index (χ0v) is 35.2. The quantitative estimate of drug-likeness (QED) is 0.164. The molecule has 0 aliphatic carbocycles. The highest BCUT2D eigenvalue weighted by Gasteiger charge is 2.36. The second-order valence-corrected chi connectivity index (χ2v) is 18.9. The van der Waals surface area contributed by atoms with Gasteiger partial charge in [0.25, 0.3) is 0 Å². The van der Waals surface area contributed by atoms with Crippen LogP contribution in [0.25, 0.3) is 44.4 Å². The van der Waals surface area contributed by atoms with Crippen molar-refractivity contribution in [3.8, 4) is 34.1 Å². The van der Waals surface area contributed by atoms with Crippen LogP contribution in [-0.2, 0) is 16.2 Å². The molecule has 0 bridgehead atoms. The highest BCUT2D eigenvalue weighted by atomic mass is 16.5. The molecule has 0 N–H and O–H groups in total. The zero-order valence-electron chi connectivity index (χ0n) is 35.2. The lowest BCUT2D eigenvalue weighted by Gasteiger charge is -2.28. The van der Waals surface area contributed by atoms with Crippen molar-refractivity contribution in [1.29, 1.82) is 0 Å². The van der Waals surface area contributed by atoms with Gasteiger partial charge in [0.1, 0.15) is 17.3 Å². The molecule has 0 unspecified atom stereocenters. The molecule has 5 heteroatoms. The Labute approximate surface area is 328 Å². The van der Waals surface area contributed by atoms with E-state index in [1.807, 2.05) is 12.3 Å². The van der Waals surface area contributed by atoms with Crippen molar-refractivity contribution in [2.45, 2.75) is 118 Å². The molecule has 0 radical (unpaired) electrons. The van der Waals surface area contributed by atoms with Crippen LogP contribution in [0.3, 0.4) is 0 Å². The van der Waals surface area contributed by atoms with E-state index in [0.29, 0.717) is 11.8 Å². The number of hydrogen-bond donors (Lipinski definition) is 0. The molecular formula is C50H58N4O. The number of para-hydroxylation sites is 1. The maximum absolute atomic E-state index is 6.75. The van der Waals surface area contributed by atoms with E-state index in [0.717, 1.165) is 45.1 Å². The van der Waals surface area contributed by atoms with Crippen molar-refractivity contribution in [3.63, 3.8) is 0 Å². The van der Waals surface area contributed by atoms with Crippen LogP contribution in [0.1, 0.15) is 130 Å². The molecule has 0 saturated heterocycles. The third-order valence-electron chi connectivity index (χ3n) is 10.7. The zero-order chi connectivity index (χ0) is 39.6. The van der Waals surface area contributed by atoms with Crippen LogP contribution in [0, 0.1) is 0 Å². The Hall–Kier alpha value is -5.16. The number of benzene rings is 4. The van der Waals surface area contributed by atoms with E-state index in [1.54, 1.807) is 0 Å². The van der Waals surface area contributed by atoms with Crippen LogP contribution in [-0.4, -0.2) is 19.3 Å². The van der Waals surface area contributed by atoms with Gasteiger partial charge in [-0.1, -0.05) is 132 Å². The summed E-state index contributed by atoms with van der Waals surface area (Å²) in [7, 11) is 0. The summed E-state index contributed by atoms with van der Waals surface area (Å²) in [5, 5.41) is 7.88. The summed E-state index contributed by atoms with van der Waals surface area (Å²) in [6.07, 6.45) is 1.92. The first kappa shape index (κ1) is 38.1. The van der Waals surface area contributed by atoms with Crippen molar-refractivity contribution in [2.24, 2.45) is 0 Å². The molecule has 55 heavy (non-hydrogen) atoms. The molecule has 0 atom stereocenters. The van der Waals surface area contributed by atoms with Gasteiger partial charge < -0.3 is 4.74 Å². The maximum atomic E-state index is 6.75. The van der Waals surface area contributed by atoms with Gasteiger partial charge in [-0.15, -0.1) is 0 Å². The van der Waals surface area contributed by atoms with E-state index in [-0.39, 0.29) is 16.2 Å². The van der Waals surface area contributed by atoms with Gasteiger partial charge in [-0.05, 0) is 82.0 Å². The van der Waals surface area contributed by atoms with E-state index >= 15 is 0 Å². The summed E-state index contributed by atoms with van der Waals surface area (Å²) >= 11 is 0. The predicted octanol–water partition coefficient (Wildman–Crippen LogP) is 14.0. The molecule has 5 nitrogen and oxygen atoms in total. The number of hydrogen-bond acceptors (Lipinski definition) is 3. The average Bonchev–Trinajstić information content (AvgIpc) is 3.69. The Kier molecular flexibility index (Phi) is 9.60. The Balaban J connectivity index is 1.38. The van der Waals surface area contributed by atoms with E-state index in [9.17, 15) is 0 Å². The Morgan fingerprint density at radius 1 is 0.564 bits per heavy atom. The van der Waals surface area contributed by atoms with Gasteiger partial charge in [0.15, 0.2) is 0 Å². The number of nitrogens with zero attached hydrogens (tertiary/aromatic N) is 4. The standard InChI is InChI=1S/C50H58N4O/c1-31(2)37-21-17-22-38(32(3)4)44(37)45-46(49(8,9)10)52-54(47(45)50(11,12)13)34-18-16-19-35(29-34)55-36-24-25-40-39-20-14-15-23-41(39)53(42(40)30-36)43-28-33(26-27-51-43)48(5,6)7/h14-32H,1-13H3. The second kappa shape index (κ2) is 13.8. The van der Waals surface area contributed by atoms with Crippen LogP contribution in [0.5, 0.6) is 11.5 Å². The first-order valence-corrected chi connectivity index (χ1v) is 19.9. The predicted molar refractivity (Wildman–Crippen MR) is 232 cm³/mol. The fraction of sp³-hybridized carbons (Fsp3) is 0.360. The molecule has 0 aliphatic rings. The number of ether oxygens (including phenoxy) is 1. The average molecular weight is 731 g/mol. The summed E-state index contributed by atoms with van der Waals surface area (Å²) in [6, 6.07) is 34.5. The summed E-state index contributed by atoms with van der Waals surface area (Å²) in [5.74, 6) is 3.15. The summed E-state index contributed by atoms with van der Waals surface area (Å²) in [4.78, 5) is 4.87. The lowest BCUT2D eigenvalue weighted by Crippen LogP contribution is -2.19. The van der Waals surface area contributed by atoms with Gasteiger partial charge in [-0.3, -0.25) is 4.57 Å². The van der Waals surface area contributed by atoms with Crippen LogP contribution >= 0.6 is 0 Å². The number of rotatable bonds is 7. The summed E-state index contributed by atoms with van der Waals surface area (Å²) in [6.45, 7) is 29.7. The third kappa shape index (κ3) is 7.10. The molecular weight excluding hydrogens is 673 g/mol. The largest absolute Gasteiger partial charge is 0.457 e. The van der Waals surface area contributed by atoms with E-state index in [1.165, 1.54) is 38.9 Å². The normalized spacial score (nSPS) is 12.8. The molecule has 4 aromatic carbocycles. The van der Waals surface area contributed by atoms with Gasteiger partial charge in [-0.2, -0.15) is 5.10 Å². The van der Waals surface area contributed by atoms with Crippen LogP contribution in [0.15, 0.2) is 103 Å². The number of aromatic nitrogens is 4. The Morgan fingerprint density at radius 2 is 1.20 bits per heavy atom. The molecule has 7 aromatic rings. The summed E-state index contributed by atoms with van der Waals surface area (Å²) in [5.41, 5.74) is 11.7. The summed E-state index contributed by atoms with van der Waals surface area (Å²) < 4.78 is 11.2. The minimum absolute atomic E-state index is 0.000103. The van der Waals surface area contributed by atoms with Crippen molar-refractivity contribution in [1.82, 2.24) is 19.3 Å². The molecule has 0 saturated carbocycles. The second-order valence-electron chi connectivity index (χ2n) is 18.9. The van der Waals surface area contributed by atoms with Gasteiger partial charge in [0.2, 0.25) is 0 Å². The molecule has 284 valence electrons. The van der Waals surface area contributed by atoms with E-state index in [2.05, 4.69) is 190 Å². The maximum Gasteiger partial charge on any atom is 0.137 e. The SMILES string of the molecule is CC(C)c1cccc(C(C)C)c1-c1c(C(C)(C)C)nn(-c2cccc(Oc3ccc4c5ccccc5n(-c5cc(C(C)(C)C)ccn5)c4c3)c2)c1C(C)(C)C. The Morgan fingerprint density at radius 3 is 1.84 bits per heavy atom.